The number of carboxylic acid groups (broad SMARTS) is 1. The molecule has 1 fully saturated rings. The first-order valence-electron chi connectivity index (χ1n) is 8.07. The van der Waals surface area contributed by atoms with Crippen molar-refractivity contribution in [3.05, 3.63) is 0 Å². The predicted octanol–water partition coefficient (Wildman–Crippen LogP) is 1.63. The van der Waals surface area contributed by atoms with E-state index in [-0.39, 0.29) is 12.1 Å². The van der Waals surface area contributed by atoms with Crippen LogP contribution in [0.3, 0.4) is 0 Å². The largest absolute Gasteiger partial charge is 0.480 e. The molecule has 0 bridgehead atoms. The highest BCUT2D eigenvalue weighted by Gasteiger charge is 2.37. The molecule has 0 spiro atoms. The van der Waals surface area contributed by atoms with Crippen LogP contribution in [0, 0.1) is 0 Å². The van der Waals surface area contributed by atoms with Crippen molar-refractivity contribution in [1.82, 2.24) is 15.1 Å². The van der Waals surface area contributed by atoms with E-state index in [1.807, 2.05) is 13.8 Å². The minimum atomic E-state index is -0.855. The fourth-order valence-corrected chi connectivity index (χ4v) is 3.41. The standard InChI is InChI=1S/C16H33N3O2/c1-12(2)17-16(4,15(20)21)11-13(3)19-9-7-14(8-10-19)18(5)6/h12-14,17H,7-11H2,1-6H3,(H,20,21). The van der Waals surface area contributed by atoms with Crippen LogP contribution in [0.15, 0.2) is 0 Å². The predicted molar refractivity (Wildman–Crippen MR) is 86.7 cm³/mol. The Morgan fingerprint density at radius 1 is 1.33 bits per heavy atom. The lowest BCUT2D eigenvalue weighted by Crippen LogP contribution is -2.56. The highest BCUT2D eigenvalue weighted by Crippen LogP contribution is 2.22. The maximum Gasteiger partial charge on any atom is 0.323 e. The number of carboxylic acids is 1. The van der Waals surface area contributed by atoms with Crippen LogP contribution in [-0.2, 0) is 4.79 Å². The van der Waals surface area contributed by atoms with Gasteiger partial charge in [0, 0.05) is 18.1 Å². The molecule has 0 radical (unpaired) electrons. The lowest BCUT2D eigenvalue weighted by atomic mass is 9.90. The SMILES string of the molecule is CC(C)NC(C)(CC(C)N1CCC(N(C)C)CC1)C(=O)O. The van der Waals surface area contributed by atoms with Crippen molar-refractivity contribution in [2.24, 2.45) is 0 Å². The van der Waals surface area contributed by atoms with Crippen LogP contribution < -0.4 is 5.32 Å². The molecule has 2 N–H and O–H groups in total. The Bertz CT molecular complexity index is 338. The number of nitrogens with zero attached hydrogens (tertiary/aromatic N) is 2. The zero-order valence-corrected chi connectivity index (χ0v) is 14.5. The van der Waals surface area contributed by atoms with Crippen LogP contribution in [-0.4, -0.2) is 71.7 Å². The molecule has 5 heteroatoms. The van der Waals surface area contributed by atoms with E-state index in [4.69, 9.17) is 0 Å². The molecular formula is C16H33N3O2. The number of likely N-dealkylation sites (tertiary alicyclic amines) is 1. The van der Waals surface area contributed by atoms with Crippen molar-refractivity contribution in [3.63, 3.8) is 0 Å². The average molecular weight is 299 g/mol. The van der Waals surface area contributed by atoms with Gasteiger partial charge in [0.25, 0.3) is 0 Å². The molecule has 5 nitrogen and oxygen atoms in total. The highest BCUT2D eigenvalue weighted by molar-refractivity contribution is 5.78. The Morgan fingerprint density at radius 3 is 2.24 bits per heavy atom. The lowest BCUT2D eigenvalue weighted by Gasteiger charge is -2.41. The van der Waals surface area contributed by atoms with Gasteiger partial charge < -0.3 is 14.9 Å². The van der Waals surface area contributed by atoms with Gasteiger partial charge in [-0.15, -0.1) is 0 Å². The van der Waals surface area contributed by atoms with Gasteiger partial charge in [0.1, 0.15) is 5.54 Å². The fraction of sp³-hybridized carbons (Fsp3) is 0.938. The minimum Gasteiger partial charge on any atom is -0.480 e. The number of nitrogens with one attached hydrogen (secondary N) is 1. The highest BCUT2D eigenvalue weighted by atomic mass is 16.4. The third kappa shape index (κ3) is 5.24. The zero-order chi connectivity index (χ0) is 16.2. The fourth-order valence-electron chi connectivity index (χ4n) is 3.41. The molecule has 0 aromatic heterocycles. The Morgan fingerprint density at radius 2 is 1.86 bits per heavy atom. The lowest BCUT2D eigenvalue weighted by molar-refractivity contribution is -0.145. The Hall–Kier alpha value is -0.650. The first-order valence-corrected chi connectivity index (χ1v) is 8.07. The van der Waals surface area contributed by atoms with Gasteiger partial charge >= 0.3 is 5.97 Å². The van der Waals surface area contributed by atoms with Crippen molar-refractivity contribution in [2.45, 2.75) is 70.6 Å². The second-order valence-corrected chi connectivity index (χ2v) is 7.22. The molecule has 124 valence electrons. The van der Waals surface area contributed by atoms with E-state index in [1.54, 1.807) is 6.92 Å². The third-order valence-corrected chi connectivity index (χ3v) is 4.64. The van der Waals surface area contributed by atoms with E-state index in [2.05, 4.69) is 36.1 Å². The summed E-state index contributed by atoms with van der Waals surface area (Å²) in [4.78, 5) is 16.4. The first kappa shape index (κ1) is 18.4. The summed E-state index contributed by atoms with van der Waals surface area (Å²) >= 11 is 0. The van der Waals surface area contributed by atoms with Gasteiger partial charge in [0.2, 0.25) is 0 Å². The Kier molecular flexibility index (Phi) is 6.63. The van der Waals surface area contributed by atoms with Gasteiger partial charge in [-0.2, -0.15) is 0 Å². The smallest absolute Gasteiger partial charge is 0.323 e. The maximum atomic E-state index is 11.6. The van der Waals surface area contributed by atoms with Crippen molar-refractivity contribution in [3.8, 4) is 0 Å². The zero-order valence-electron chi connectivity index (χ0n) is 14.5. The van der Waals surface area contributed by atoms with Crippen LogP contribution in [0.4, 0.5) is 0 Å². The normalized spacial score (nSPS) is 22.5. The summed E-state index contributed by atoms with van der Waals surface area (Å²) < 4.78 is 0. The van der Waals surface area contributed by atoms with Gasteiger partial charge in [-0.3, -0.25) is 10.1 Å². The van der Waals surface area contributed by atoms with Gasteiger partial charge in [-0.1, -0.05) is 0 Å². The number of piperidine rings is 1. The van der Waals surface area contributed by atoms with Crippen molar-refractivity contribution in [2.75, 3.05) is 27.2 Å². The molecule has 0 amide bonds. The van der Waals surface area contributed by atoms with E-state index >= 15 is 0 Å². The summed E-state index contributed by atoms with van der Waals surface area (Å²) in [5.41, 5.74) is -0.855. The molecule has 2 atom stereocenters. The summed E-state index contributed by atoms with van der Waals surface area (Å²) in [6, 6.07) is 1.10. The van der Waals surface area contributed by atoms with Crippen LogP contribution in [0.5, 0.6) is 0 Å². The number of carbonyl (C=O) groups is 1. The van der Waals surface area contributed by atoms with E-state index in [0.29, 0.717) is 12.5 Å². The molecule has 1 saturated heterocycles. The molecule has 1 aliphatic rings. The van der Waals surface area contributed by atoms with Gasteiger partial charge in [-0.25, -0.2) is 0 Å². The summed E-state index contributed by atoms with van der Waals surface area (Å²) in [5.74, 6) is -0.758. The summed E-state index contributed by atoms with van der Waals surface area (Å²) in [6.07, 6.45) is 2.96. The molecule has 0 aromatic rings. The van der Waals surface area contributed by atoms with E-state index in [1.165, 1.54) is 12.8 Å². The number of hydrogen-bond acceptors (Lipinski definition) is 4. The molecule has 0 aromatic carbocycles. The second-order valence-electron chi connectivity index (χ2n) is 7.22. The van der Waals surface area contributed by atoms with Crippen LogP contribution >= 0.6 is 0 Å². The van der Waals surface area contributed by atoms with E-state index < -0.39 is 11.5 Å². The second kappa shape index (κ2) is 7.56. The Labute approximate surface area is 129 Å². The molecule has 1 aliphatic heterocycles. The number of hydrogen-bond donors (Lipinski definition) is 2. The third-order valence-electron chi connectivity index (χ3n) is 4.64. The minimum absolute atomic E-state index is 0.165. The van der Waals surface area contributed by atoms with Crippen LogP contribution in [0.25, 0.3) is 0 Å². The van der Waals surface area contributed by atoms with Gasteiger partial charge in [-0.05, 0) is 74.1 Å². The average Bonchev–Trinajstić information content (AvgIpc) is 2.37. The van der Waals surface area contributed by atoms with Crippen molar-refractivity contribution in [1.29, 1.82) is 0 Å². The maximum absolute atomic E-state index is 11.6. The molecule has 1 rings (SSSR count). The van der Waals surface area contributed by atoms with Crippen LogP contribution in [0.1, 0.15) is 47.0 Å². The van der Waals surface area contributed by atoms with Crippen molar-refractivity contribution < 1.29 is 9.90 Å². The number of aliphatic carboxylic acids is 1. The van der Waals surface area contributed by atoms with Gasteiger partial charge in [0.05, 0.1) is 0 Å². The quantitative estimate of drug-likeness (QED) is 0.748. The van der Waals surface area contributed by atoms with E-state index in [9.17, 15) is 9.90 Å². The molecule has 2 unspecified atom stereocenters. The first-order chi connectivity index (χ1) is 9.65. The monoisotopic (exact) mass is 299 g/mol. The molecule has 0 saturated carbocycles. The van der Waals surface area contributed by atoms with Gasteiger partial charge in [0.15, 0.2) is 0 Å². The molecular weight excluding hydrogens is 266 g/mol. The summed E-state index contributed by atoms with van der Waals surface area (Å²) in [5, 5.41) is 12.8. The summed E-state index contributed by atoms with van der Waals surface area (Å²) in [7, 11) is 4.27. The molecule has 1 heterocycles. The summed E-state index contributed by atoms with van der Waals surface area (Å²) in [6.45, 7) is 10.1. The van der Waals surface area contributed by atoms with Crippen molar-refractivity contribution >= 4 is 5.97 Å². The van der Waals surface area contributed by atoms with Crippen LogP contribution in [0.2, 0.25) is 0 Å². The number of rotatable bonds is 7. The van der Waals surface area contributed by atoms with E-state index in [0.717, 1.165) is 13.1 Å². The molecule has 0 aliphatic carbocycles. The molecule has 21 heavy (non-hydrogen) atoms. The topological polar surface area (TPSA) is 55.8 Å². The Balaban J connectivity index is 2.59.